The first-order chi connectivity index (χ1) is 7.56. The Hall–Kier alpha value is -1.56. The Balaban J connectivity index is 2.95. The van der Waals surface area contributed by atoms with Crippen LogP contribution in [0.4, 0.5) is 17.6 Å². The summed E-state index contributed by atoms with van der Waals surface area (Å²) in [5.74, 6) is 7.44. The summed E-state index contributed by atoms with van der Waals surface area (Å²) in [5, 5.41) is 0. The maximum absolute atomic E-state index is 5.61. The first-order valence-electron chi connectivity index (χ1n) is 5.43. The molecule has 1 aromatic heterocycles. The molecule has 0 aliphatic heterocycles. The van der Waals surface area contributed by atoms with Crippen molar-refractivity contribution in [1.29, 1.82) is 0 Å². The van der Waals surface area contributed by atoms with Crippen LogP contribution in [0.1, 0.15) is 20.8 Å². The van der Waals surface area contributed by atoms with E-state index in [0.717, 1.165) is 18.9 Å². The Morgan fingerprint density at radius 2 is 2.12 bits per heavy atom. The molecule has 0 atom stereocenters. The summed E-state index contributed by atoms with van der Waals surface area (Å²) in [5.41, 5.74) is 8.10. The van der Waals surface area contributed by atoms with Gasteiger partial charge in [-0.25, -0.2) is 5.84 Å². The van der Waals surface area contributed by atoms with E-state index in [1.807, 2.05) is 0 Å². The zero-order chi connectivity index (χ0) is 12.1. The highest BCUT2D eigenvalue weighted by molar-refractivity contribution is 5.52. The van der Waals surface area contributed by atoms with Gasteiger partial charge in [0.1, 0.15) is 11.6 Å². The number of nitrogens with zero attached hydrogens (tertiary/aromatic N) is 3. The van der Waals surface area contributed by atoms with Gasteiger partial charge in [0, 0.05) is 19.2 Å². The van der Waals surface area contributed by atoms with Gasteiger partial charge in [0.15, 0.2) is 0 Å². The summed E-state index contributed by atoms with van der Waals surface area (Å²) in [7, 11) is 0. The fourth-order valence-electron chi connectivity index (χ4n) is 1.51. The molecule has 0 bridgehead atoms. The van der Waals surface area contributed by atoms with Crippen molar-refractivity contribution in [3.05, 3.63) is 6.07 Å². The van der Waals surface area contributed by atoms with E-state index in [4.69, 9.17) is 11.6 Å². The average molecular weight is 224 g/mol. The predicted molar refractivity (Wildman–Crippen MR) is 67.0 cm³/mol. The zero-order valence-corrected chi connectivity index (χ0v) is 10.1. The Morgan fingerprint density at radius 3 is 2.62 bits per heavy atom. The molecule has 6 nitrogen and oxygen atoms in total. The molecule has 0 aliphatic rings. The molecule has 0 fully saturated rings. The molecule has 0 unspecified atom stereocenters. The third-order valence-electron chi connectivity index (χ3n) is 2.17. The zero-order valence-electron chi connectivity index (χ0n) is 10.1. The predicted octanol–water partition coefficient (Wildman–Crippen LogP) is 0.827. The number of rotatable bonds is 5. The normalized spacial score (nSPS) is 10.6. The topological polar surface area (TPSA) is 93.1 Å². The van der Waals surface area contributed by atoms with Crippen LogP contribution in [0.3, 0.4) is 0 Å². The number of hydrazine groups is 1. The molecule has 1 aromatic rings. The smallest absolute Gasteiger partial charge is 0.223 e. The number of nitrogens with two attached hydrogens (primary N) is 2. The first-order valence-corrected chi connectivity index (χ1v) is 5.43. The quantitative estimate of drug-likeness (QED) is 0.506. The van der Waals surface area contributed by atoms with Crippen molar-refractivity contribution in [2.24, 2.45) is 11.8 Å². The number of aromatic nitrogens is 2. The average Bonchev–Trinajstić information content (AvgIpc) is 2.24. The second kappa shape index (κ2) is 5.50. The summed E-state index contributed by atoms with van der Waals surface area (Å²) in [6, 6.07) is 1.79. The Bertz CT molecular complexity index is 338. The second-order valence-corrected chi connectivity index (χ2v) is 4.05. The van der Waals surface area contributed by atoms with Gasteiger partial charge < -0.3 is 16.1 Å². The number of hydrogen-bond donors (Lipinski definition) is 3. The molecule has 16 heavy (non-hydrogen) atoms. The lowest BCUT2D eigenvalue weighted by molar-refractivity contribution is 0.614. The van der Waals surface area contributed by atoms with Gasteiger partial charge in [-0.2, -0.15) is 9.97 Å². The summed E-state index contributed by atoms with van der Waals surface area (Å²) >= 11 is 0. The van der Waals surface area contributed by atoms with Crippen LogP contribution in [0.5, 0.6) is 0 Å². The molecule has 1 heterocycles. The second-order valence-electron chi connectivity index (χ2n) is 4.05. The van der Waals surface area contributed by atoms with E-state index >= 15 is 0 Å². The Morgan fingerprint density at radius 1 is 1.44 bits per heavy atom. The van der Waals surface area contributed by atoms with Gasteiger partial charge in [-0.1, -0.05) is 13.8 Å². The lowest BCUT2D eigenvalue weighted by Gasteiger charge is -2.24. The van der Waals surface area contributed by atoms with Gasteiger partial charge in [-0.3, -0.25) is 0 Å². The summed E-state index contributed by atoms with van der Waals surface area (Å²) < 4.78 is 0. The lowest BCUT2D eigenvalue weighted by atomic mass is 10.2. The highest BCUT2D eigenvalue weighted by atomic mass is 15.3. The largest absolute Gasteiger partial charge is 0.368 e. The minimum Gasteiger partial charge on any atom is -0.368 e. The molecule has 0 spiro atoms. The Kier molecular flexibility index (Phi) is 4.30. The summed E-state index contributed by atoms with van der Waals surface area (Å²) in [6.07, 6.45) is 0. The molecule has 6 heteroatoms. The van der Waals surface area contributed by atoms with Crippen LogP contribution in [0.2, 0.25) is 0 Å². The monoisotopic (exact) mass is 224 g/mol. The highest BCUT2D eigenvalue weighted by Gasteiger charge is 2.10. The van der Waals surface area contributed by atoms with E-state index in [0.29, 0.717) is 11.7 Å². The van der Waals surface area contributed by atoms with Crippen LogP contribution in [-0.2, 0) is 0 Å². The van der Waals surface area contributed by atoms with Gasteiger partial charge in [0.25, 0.3) is 0 Å². The fourth-order valence-corrected chi connectivity index (χ4v) is 1.51. The van der Waals surface area contributed by atoms with Crippen LogP contribution in [0, 0.1) is 5.92 Å². The molecule has 0 radical (unpaired) electrons. The molecule has 90 valence electrons. The third kappa shape index (κ3) is 3.23. The molecule has 1 rings (SSSR count). The van der Waals surface area contributed by atoms with Crippen molar-refractivity contribution in [3.63, 3.8) is 0 Å². The molecule has 0 saturated heterocycles. The van der Waals surface area contributed by atoms with E-state index in [-0.39, 0.29) is 5.95 Å². The van der Waals surface area contributed by atoms with Crippen molar-refractivity contribution in [2.45, 2.75) is 20.8 Å². The summed E-state index contributed by atoms with van der Waals surface area (Å²) in [4.78, 5) is 10.3. The van der Waals surface area contributed by atoms with Crippen LogP contribution in [0.15, 0.2) is 6.07 Å². The standard InChI is InChI=1S/C10H20N6/c1-4-16(6-7(2)3)9-5-8(15-12)13-10(11)14-9/h5,7H,4,6,12H2,1-3H3,(H3,11,13,14,15). The molecular formula is C10H20N6. The number of nitrogen functional groups attached to an aromatic ring is 2. The fraction of sp³-hybridized carbons (Fsp3) is 0.600. The molecule has 0 saturated carbocycles. The van der Waals surface area contributed by atoms with Crippen molar-refractivity contribution < 1.29 is 0 Å². The lowest BCUT2D eigenvalue weighted by Crippen LogP contribution is -2.28. The van der Waals surface area contributed by atoms with Crippen molar-refractivity contribution in [3.8, 4) is 0 Å². The first kappa shape index (κ1) is 12.5. The Labute approximate surface area is 96.0 Å². The van der Waals surface area contributed by atoms with E-state index in [1.165, 1.54) is 0 Å². The number of hydrogen-bond acceptors (Lipinski definition) is 6. The SMILES string of the molecule is CCN(CC(C)C)c1cc(NN)nc(N)n1. The molecule has 5 N–H and O–H groups in total. The molecule has 0 aromatic carbocycles. The van der Waals surface area contributed by atoms with Crippen LogP contribution >= 0.6 is 0 Å². The number of nitrogens with one attached hydrogen (secondary N) is 1. The van der Waals surface area contributed by atoms with Crippen molar-refractivity contribution in [1.82, 2.24) is 9.97 Å². The maximum Gasteiger partial charge on any atom is 0.223 e. The molecule has 0 aliphatic carbocycles. The van der Waals surface area contributed by atoms with E-state index in [2.05, 4.69) is 41.1 Å². The third-order valence-corrected chi connectivity index (χ3v) is 2.17. The van der Waals surface area contributed by atoms with E-state index < -0.39 is 0 Å². The van der Waals surface area contributed by atoms with Gasteiger partial charge in [0.05, 0.1) is 0 Å². The van der Waals surface area contributed by atoms with Crippen LogP contribution < -0.4 is 21.9 Å². The van der Waals surface area contributed by atoms with E-state index in [9.17, 15) is 0 Å². The minimum absolute atomic E-state index is 0.229. The highest BCUT2D eigenvalue weighted by Crippen LogP contribution is 2.17. The van der Waals surface area contributed by atoms with E-state index in [1.54, 1.807) is 6.07 Å². The molecule has 0 amide bonds. The minimum atomic E-state index is 0.229. The van der Waals surface area contributed by atoms with Gasteiger partial charge in [0.2, 0.25) is 5.95 Å². The summed E-state index contributed by atoms with van der Waals surface area (Å²) in [6.45, 7) is 8.20. The maximum atomic E-state index is 5.61. The molecular weight excluding hydrogens is 204 g/mol. The number of anilines is 3. The van der Waals surface area contributed by atoms with Crippen LogP contribution in [0.25, 0.3) is 0 Å². The van der Waals surface area contributed by atoms with Crippen LogP contribution in [-0.4, -0.2) is 23.1 Å². The van der Waals surface area contributed by atoms with Crippen molar-refractivity contribution >= 4 is 17.6 Å². The van der Waals surface area contributed by atoms with Gasteiger partial charge >= 0.3 is 0 Å². The van der Waals surface area contributed by atoms with Gasteiger partial charge in [-0.05, 0) is 12.8 Å². The van der Waals surface area contributed by atoms with Crippen molar-refractivity contribution in [2.75, 3.05) is 29.1 Å². The van der Waals surface area contributed by atoms with Gasteiger partial charge in [-0.15, -0.1) is 0 Å².